The van der Waals surface area contributed by atoms with Crippen molar-refractivity contribution < 1.29 is 34.8 Å². The van der Waals surface area contributed by atoms with E-state index in [-0.39, 0.29) is 22.6 Å². The quantitative estimate of drug-likeness (QED) is 0.507. The van der Waals surface area contributed by atoms with E-state index in [1.54, 1.807) is 0 Å². The van der Waals surface area contributed by atoms with Crippen molar-refractivity contribution in [2.45, 2.75) is 31.1 Å². The van der Waals surface area contributed by atoms with Crippen molar-refractivity contribution in [1.82, 2.24) is 14.8 Å². The minimum Gasteiger partial charge on any atom is -0.235 e. The van der Waals surface area contributed by atoms with Crippen LogP contribution in [0.5, 0.6) is 0 Å². The Labute approximate surface area is 173 Å². The number of sulfone groups is 1. The second-order valence-corrected chi connectivity index (χ2v) is 8.83. The lowest BCUT2D eigenvalue weighted by atomic mass is 10.0. The lowest BCUT2D eigenvalue weighted by Crippen LogP contribution is -2.15. The molecule has 0 radical (unpaired) electrons. The molecule has 2 aromatic heterocycles. The number of halogens is 6. The first-order valence-electron chi connectivity index (χ1n) is 8.78. The van der Waals surface area contributed by atoms with Crippen LogP contribution in [0.1, 0.15) is 23.7 Å². The summed E-state index contributed by atoms with van der Waals surface area (Å²) in [7, 11) is -4.13. The second-order valence-electron chi connectivity index (χ2n) is 6.58. The van der Waals surface area contributed by atoms with Gasteiger partial charge in [-0.15, -0.1) is 0 Å². The van der Waals surface area contributed by atoms with Crippen LogP contribution in [-0.4, -0.2) is 28.9 Å². The second kappa shape index (κ2) is 7.66. The molecule has 0 aliphatic carbocycles. The van der Waals surface area contributed by atoms with E-state index < -0.39 is 44.0 Å². The van der Waals surface area contributed by atoms with E-state index in [9.17, 15) is 34.8 Å². The molecule has 0 atom stereocenters. The summed E-state index contributed by atoms with van der Waals surface area (Å²) in [4.78, 5) is 3.00. The van der Waals surface area contributed by atoms with E-state index in [0.717, 1.165) is 16.8 Å². The highest BCUT2D eigenvalue weighted by Crippen LogP contribution is 2.35. The minimum absolute atomic E-state index is 0.158. The molecule has 0 saturated carbocycles. The van der Waals surface area contributed by atoms with Crippen LogP contribution >= 0.6 is 0 Å². The van der Waals surface area contributed by atoms with Crippen molar-refractivity contribution in [2.24, 2.45) is 0 Å². The summed E-state index contributed by atoms with van der Waals surface area (Å²) in [6.45, 7) is 2.72. The van der Waals surface area contributed by atoms with Crippen molar-refractivity contribution in [3.63, 3.8) is 0 Å². The fraction of sp³-hybridized carbons (Fsp3) is 0.263. The summed E-state index contributed by atoms with van der Waals surface area (Å²) in [6.07, 6.45) is -7.70. The van der Waals surface area contributed by atoms with E-state index in [2.05, 4.69) is 10.1 Å². The first-order valence-corrected chi connectivity index (χ1v) is 10.4. The highest BCUT2D eigenvalue weighted by atomic mass is 32.2. The minimum atomic E-state index is -4.81. The summed E-state index contributed by atoms with van der Waals surface area (Å²) in [5.74, 6) is -0.852. The van der Waals surface area contributed by atoms with Crippen LogP contribution in [0.4, 0.5) is 26.3 Å². The monoisotopic (exact) mass is 463 g/mol. The maximum Gasteiger partial charge on any atom is 0.417 e. The average molecular weight is 463 g/mol. The molecule has 12 heteroatoms. The molecule has 0 unspecified atom stereocenters. The summed E-state index contributed by atoms with van der Waals surface area (Å²) >= 11 is 0. The highest BCUT2D eigenvalue weighted by molar-refractivity contribution is 7.91. The summed E-state index contributed by atoms with van der Waals surface area (Å²) in [5.41, 5.74) is -1.53. The molecule has 0 N–H and O–H groups in total. The molecule has 166 valence electrons. The Morgan fingerprint density at radius 3 is 2.19 bits per heavy atom. The van der Waals surface area contributed by atoms with Gasteiger partial charge in [0, 0.05) is 11.8 Å². The number of alkyl halides is 6. The molecule has 31 heavy (non-hydrogen) atoms. The topological polar surface area (TPSA) is 64.8 Å². The first-order chi connectivity index (χ1) is 14.3. The Hall–Kier alpha value is -2.89. The maximum absolute atomic E-state index is 13.1. The number of benzene rings is 1. The van der Waals surface area contributed by atoms with Gasteiger partial charge in [0.2, 0.25) is 0 Å². The van der Waals surface area contributed by atoms with Crippen LogP contribution in [0, 0.1) is 6.92 Å². The number of aromatic nitrogens is 3. The van der Waals surface area contributed by atoms with Gasteiger partial charge in [-0.25, -0.2) is 18.1 Å². The van der Waals surface area contributed by atoms with Crippen molar-refractivity contribution in [1.29, 1.82) is 0 Å². The van der Waals surface area contributed by atoms with Crippen LogP contribution in [0.3, 0.4) is 0 Å². The molecule has 5 nitrogen and oxygen atoms in total. The Kier molecular flexibility index (Phi) is 5.63. The zero-order chi connectivity index (χ0) is 23.2. The van der Waals surface area contributed by atoms with Crippen LogP contribution in [0.2, 0.25) is 0 Å². The standard InChI is InChI=1S/C19H15F6N3O2S/c1-3-31(29,30)16-8-14(19(23,24)25)9-26-17(16)28-11(2)15(10-27-28)12-5-4-6-13(7-12)18(20,21)22/h4-10H,3H2,1-2H3. The molecular weight excluding hydrogens is 448 g/mol. The van der Waals surface area contributed by atoms with E-state index in [4.69, 9.17) is 0 Å². The Balaban J connectivity index is 2.19. The Bertz CT molecular complexity index is 1230. The van der Waals surface area contributed by atoms with Gasteiger partial charge in [0.05, 0.1) is 28.8 Å². The number of rotatable bonds is 4. The van der Waals surface area contributed by atoms with Crippen molar-refractivity contribution in [3.05, 3.63) is 59.5 Å². The molecule has 0 bridgehead atoms. The SMILES string of the molecule is CCS(=O)(=O)c1cc(C(F)(F)F)cnc1-n1ncc(-c2cccc(C(F)(F)F)c2)c1C. The molecule has 0 fully saturated rings. The zero-order valence-corrected chi connectivity index (χ0v) is 16.9. The number of hydrogen-bond acceptors (Lipinski definition) is 4. The van der Waals surface area contributed by atoms with E-state index in [0.29, 0.717) is 12.3 Å². The third kappa shape index (κ3) is 4.43. The smallest absolute Gasteiger partial charge is 0.235 e. The summed E-state index contributed by atoms with van der Waals surface area (Å²) in [6, 6.07) is 4.89. The molecule has 0 spiro atoms. The van der Waals surface area contributed by atoms with Crippen LogP contribution in [-0.2, 0) is 22.2 Å². The van der Waals surface area contributed by atoms with Crippen LogP contribution in [0.25, 0.3) is 16.9 Å². The largest absolute Gasteiger partial charge is 0.417 e. The first kappa shape index (κ1) is 22.8. The molecular formula is C19H15F6N3O2S. The highest BCUT2D eigenvalue weighted by Gasteiger charge is 2.34. The van der Waals surface area contributed by atoms with Gasteiger partial charge in [-0.3, -0.25) is 0 Å². The Morgan fingerprint density at radius 1 is 0.968 bits per heavy atom. The number of nitrogens with zero attached hydrogens (tertiary/aromatic N) is 3. The molecule has 0 amide bonds. The van der Waals surface area contributed by atoms with E-state index >= 15 is 0 Å². The average Bonchev–Trinajstić information content (AvgIpc) is 3.07. The predicted molar refractivity (Wildman–Crippen MR) is 99.3 cm³/mol. The molecule has 0 saturated heterocycles. The van der Waals surface area contributed by atoms with Gasteiger partial charge in [-0.05, 0) is 30.7 Å². The van der Waals surface area contributed by atoms with E-state index in [1.165, 1.54) is 32.2 Å². The van der Waals surface area contributed by atoms with Crippen molar-refractivity contribution in [3.8, 4) is 16.9 Å². The van der Waals surface area contributed by atoms with Gasteiger partial charge in [-0.2, -0.15) is 31.4 Å². The van der Waals surface area contributed by atoms with Crippen molar-refractivity contribution in [2.75, 3.05) is 5.75 Å². The number of hydrogen-bond donors (Lipinski definition) is 0. The zero-order valence-electron chi connectivity index (χ0n) is 16.1. The fourth-order valence-electron chi connectivity index (χ4n) is 2.91. The lowest BCUT2D eigenvalue weighted by Gasteiger charge is -2.14. The van der Waals surface area contributed by atoms with Gasteiger partial charge in [-0.1, -0.05) is 19.1 Å². The van der Waals surface area contributed by atoms with Gasteiger partial charge in [0.25, 0.3) is 0 Å². The molecule has 2 heterocycles. The maximum atomic E-state index is 13.1. The molecule has 1 aromatic carbocycles. The Morgan fingerprint density at radius 2 is 1.61 bits per heavy atom. The van der Waals surface area contributed by atoms with Gasteiger partial charge >= 0.3 is 12.4 Å². The van der Waals surface area contributed by atoms with Crippen LogP contribution < -0.4 is 0 Å². The predicted octanol–water partition coefficient (Wildman–Crippen LogP) is 5.07. The molecule has 3 rings (SSSR count). The number of pyridine rings is 1. The van der Waals surface area contributed by atoms with E-state index in [1.807, 2.05) is 0 Å². The van der Waals surface area contributed by atoms with Gasteiger partial charge in [0.1, 0.15) is 4.90 Å². The molecule has 0 aliphatic heterocycles. The third-order valence-electron chi connectivity index (χ3n) is 4.59. The van der Waals surface area contributed by atoms with Gasteiger partial charge < -0.3 is 0 Å². The van der Waals surface area contributed by atoms with Crippen LogP contribution in [0.15, 0.2) is 47.6 Å². The lowest BCUT2D eigenvalue weighted by molar-refractivity contribution is -0.138. The molecule has 0 aliphatic rings. The van der Waals surface area contributed by atoms with Crippen molar-refractivity contribution >= 4 is 9.84 Å². The third-order valence-corrected chi connectivity index (χ3v) is 6.32. The summed E-state index contributed by atoms with van der Waals surface area (Å²) < 4.78 is 104. The van der Waals surface area contributed by atoms with Gasteiger partial charge in [0.15, 0.2) is 15.7 Å². The fourth-order valence-corrected chi connectivity index (χ4v) is 3.94. The molecule has 3 aromatic rings. The summed E-state index contributed by atoms with van der Waals surface area (Å²) in [5, 5.41) is 3.98. The normalized spacial score (nSPS) is 12.9.